The van der Waals surface area contributed by atoms with E-state index < -0.39 is 0 Å². The third-order valence-corrected chi connectivity index (χ3v) is 4.57. The Kier molecular flexibility index (Phi) is 5.46. The lowest BCUT2D eigenvalue weighted by Gasteiger charge is -2.11. The highest BCUT2D eigenvalue weighted by molar-refractivity contribution is 7.09. The quantitative estimate of drug-likeness (QED) is 0.721. The molecular formula is C20H20N2O2S. The first kappa shape index (κ1) is 17.2. The number of aryl methyl sites for hydroxylation is 2. The van der Waals surface area contributed by atoms with Crippen molar-refractivity contribution in [2.24, 2.45) is 0 Å². The number of thiazole rings is 1. The maximum Gasteiger partial charge on any atom is 0.255 e. The zero-order chi connectivity index (χ0) is 17.6. The molecule has 1 amide bonds. The number of nitrogens with one attached hydrogen (secondary N) is 1. The molecule has 0 saturated heterocycles. The predicted octanol–water partition coefficient (Wildman–Crippen LogP) is 4.27. The van der Waals surface area contributed by atoms with Crippen molar-refractivity contribution in [3.05, 3.63) is 81.3 Å². The summed E-state index contributed by atoms with van der Waals surface area (Å²) in [6.45, 7) is 4.84. The molecule has 0 unspecified atom stereocenters. The molecule has 25 heavy (non-hydrogen) atoms. The van der Waals surface area contributed by atoms with Crippen LogP contribution in [0.25, 0.3) is 0 Å². The van der Waals surface area contributed by atoms with Gasteiger partial charge in [0.1, 0.15) is 12.4 Å². The molecule has 3 rings (SSSR count). The van der Waals surface area contributed by atoms with Crippen molar-refractivity contribution in [3.63, 3.8) is 0 Å². The molecule has 1 aromatic heterocycles. The van der Waals surface area contributed by atoms with Crippen molar-refractivity contribution in [1.82, 2.24) is 10.3 Å². The topological polar surface area (TPSA) is 51.2 Å². The molecule has 0 spiro atoms. The van der Waals surface area contributed by atoms with E-state index in [0.717, 1.165) is 16.3 Å². The molecular weight excluding hydrogens is 332 g/mol. The fourth-order valence-corrected chi connectivity index (χ4v) is 2.99. The number of hydrogen-bond donors (Lipinski definition) is 1. The minimum Gasteiger partial charge on any atom is -0.486 e. The molecule has 0 atom stereocenters. The van der Waals surface area contributed by atoms with Crippen LogP contribution < -0.4 is 10.1 Å². The Morgan fingerprint density at radius 1 is 1.12 bits per heavy atom. The number of ether oxygens (including phenoxy) is 1. The fourth-order valence-electron chi connectivity index (χ4n) is 2.39. The molecule has 1 N–H and O–H groups in total. The summed E-state index contributed by atoms with van der Waals surface area (Å²) in [5.74, 6) is 0.417. The lowest BCUT2D eigenvalue weighted by atomic mass is 10.1. The number of benzene rings is 2. The first-order chi connectivity index (χ1) is 12.1. The van der Waals surface area contributed by atoms with Crippen LogP contribution in [0.2, 0.25) is 0 Å². The minimum absolute atomic E-state index is 0.148. The summed E-state index contributed by atoms with van der Waals surface area (Å²) in [7, 11) is 0. The van der Waals surface area contributed by atoms with Crippen LogP contribution in [0.3, 0.4) is 0 Å². The van der Waals surface area contributed by atoms with Gasteiger partial charge in [0, 0.05) is 11.9 Å². The summed E-state index contributed by atoms with van der Waals surface area (Å²) in [6, 6.07) is 15.4. The van der Waals surface area contributed by atoms with Gasteiger partial charge in [-0.25, -0.2) is 4.98 Å². The van der Waals surface area contributed by atoms with Crippen LogP contribution in [-0.4, -0.2) is 10.9 Å². The maximum absolute atomic E-state index is 12.5. The second-order valence-electron chi connectivity index (χ2n) is 5.81. The largest absolute Gasteiger partial charge is 0.486 e. The SMILES string of the molecule is Cc1ccc(CNC(=O)c2ccccc2OCc2csc(C)n2)cc1. The zero-order valence-electron chi connectivity index (χ0n) is 14.3. The Hall–Kier alpha value is -2.66. The molecule has 0 aliphatic carbocycles. The van der Waals surface area contributed by atoms with Gasteiger partial charge in [-0.05, 0) is 31.5 Å². The van der Waals surface area contributed by atoms with Crippen molar-refractivity contribution in [2.45, 2.75) is 27.0 Å². The van der Waals surface area contributed by atoms with E-state index in [2.05, 4.69) is 10.3 Å². The molecule has 0 aliphatic heterocycles. The summed E-state index contributed by atoms with van der Waals surface area (Å²) in [4.78, 5) is 16.9. The van der Waals surface area contributed by atoms with Crippen molar-refractivity contribution in [2.75, 3.05) is 0 Å². The van der Waals surface area contributed by atoms with Crippen LogP contribution >= 0.6 is 11.3 Å². The fraction of sp³-hybridized carbons (Fsp3) is 0.200. The van der Waals surface area contributed by atoms with E-state index in [1.54, 1.807) is 23.5 Å². The molecule has 5 heteroatoms. The van der Waals surface area contributed by atoms with Crippen molar-refractivity contribution in [3.8, 4) is 5.75 Å². The third-order valence-electron chi connectivity index (χ3n) is 3.75. The van der Waals surface area contributed by atoms with Crippen LogP contribution in [0, 0.1) is 13.8 Å². The number of carbonyl (C=O) groups excluding carboxylic acids is 1. The van der Waals surface area contributed by atoms with Crippen LogP contribution in [-0.2, 0) is 13.2 Å². The Morgan fingerprint density at radius 3 is 2.60 bits per heavy atom. The van der Waals surface area contributed by atoms with E-state index in [1.807, 2.05) is 55.6 Å². The molecule has 4 nitrogen and oxygen atoms in total. The first-order valence-corrected chi connectivity index (χ1v) is 8.96. The van der Waals surface area contributed by atoms with E-state index >= 15 is 0 Å². The van der Waals surface area contributed by atoms with Gasteiger partial charge in [-0.2, -0.15) is 0 Å². The van der Waals surface area contributed by atoms with Gasteiger partial charge >= 0.3 is 0 Å². The van der Waals surface area contributed by atoms with Gasteiger partial charge in [0.25, 0.3) is 5.91 Å². The molecule has 2 aromatic carbocycles. The van der Waals surface area contributed by atoms with Gasteiger partial charge in [-0.3, -0.25) is 4.79 Å². The highest BCUT2D eigenvalue weighted by atomic mass is 32.1. The molecule has 128 valence electrons. The number of para-hydroxylation sites is 1. The summed E-state index contributed by atoms with van der Waals surface area (Å²) in [6.07, 6.45) is 0. The van der Waals surface area contributed by atoms with Gasteiger partial charge in [-0.1, -0.05) is 42.0 Å². The number of rotatable bonds is 6. The van der Waals surface area contributed by atoms with Crippen LogP contribution in [0.15, 0.2) is 53.9 Å². The second kappa shape index (κ2) is 7.94. The van der Waals surface area contributed by atoms with E-state index in [-0.39, 0.29) is 5.91 Å². The van der Waals surface area contributed by atoms with Crippen molar-refractivity contribution >= 4 is 17.2 Å². The Labute approximate surface area is 151 Å². The number of hydrogen-bond acceptors (Lipinski definition) is 4. The number of carbonyl (C=O) groups is 1. The summed E-state index contributed by atoms with van der Waals surface area (Å²) in [5.41, 5.74) is 3.67. The van der Waals surface area contributed by atoms with E-state index in [4.69, 9.17) is 4.74 Å². The highest BCUT2D eigenvalue weighted by Crippen LogP contribution is 2.20. The average Bonchev–Trinajstić information content (AvgIpc) is 3.05. The van der Waals surface area contributed by atoms with Gasteiger partial charge < -0.3 is 10.1 Å². The van der Waals surface area contributed by atoms with E-state index in [0.29, 0.717) is 24.5 Å². The minimum atomic E-state index is -0.148. The molecule has 0 radical (unpaired) electrons. The Bertz CT molecular complexity index is 856. The summed E-state index contributed by atoms with van der Waals surface area (Å²) < 4.78 is 5.81. The molecule has 1 heterocycles. The monoisotopic (exact) mass is 352 g/mol. The maximum atomic E-state index is 12.5. The Balaban J connectivity index is 1.64. The summed E-state index contributed by atoms with van der Waals surface area (Å²) >= 11 is 1.59. The lowest BCUT2D eigenvalue weighted by molar-refractivity contribution is 0.0946. The number of nitrogens with zero attached hydrogens (tertiary/aromatic N) is 1. The molecule has 0 aliphatic rings. The number of aromatic nitrogens is 1. The van der Waals surface area contributed by atoms with Crippen molar-refractivity contribution in [1.29, 1.82) is 0 Å². The average molecular weight is 352 g/mol. The first-order valence-electron chi connectivity index (χ1n) is 8.08. The molecule has 0 bridgehead atoms. The smallest absolute Gasteiger partial charge is 0.255 e. The van der Waals surface area contributed by atoms with E-state index in [1.165, 1.54) is 5.56 Å². The van der Waals surface area contributed by atoms with Crippen LogP contribution in [0.5, 0.6) is 5.75 Å². The number of amides is 1. The van der Waals surface area contributed by atoms with Gasteiger partial charge in [0.2, 0.25) is 0 Å². The summed E-state index contributed by atoms with van der Waals surface area (Å²) in [5, 5.41) is 5.92. The van der Waals surface area contributed by atoms with E-state index in [9.17, 15) is 4.79 Å². The third kappa shape index (κ3) is 4.67. The Morgan fingerprint density at radius 2 is 1.88 bits per heavy atom. The molecule has 3 aromatic rings. The van der Waals surface area contributed by atoms with Crippen LogP contribution in [0.4, 0.5) is 0 Å². The van der Waals surface area contributed by atoms with Crippen molar-refractivity contribution < 1.29 is 9.53 Å². The zero-order valence-corrected chi connectivity index (χ0v) is 15.1. The highest BCUT2D eigenvalue weighted by Gasteiger charge is 2.12. The van der Waals surface area contributed by atoms with Crippen LogP contribution in [0.1, 0.15) is 32.2 Å². The standard InChI is InChI=1S/C20H20N2O2S/c1-14-7-9-16(10-8-14)11-21-20(23)18-5-3-4-6-19(18)24-12-17-13-25-15(2)22-17/h3-10,13H,11-12H2,1-2H3,(H,21,23). The predicted molar refractivity (Wildman–Crippen MR) is 100.0 cm³/mol. The normalized spacial score (nSPS) is 10.5. The van der Waals surface area contributed by atoms with Gasteiger partial charge in [0.15, 0.2) is 0 Å². The molecule has 0 saturated carbocycles. The lowest BCUT2D eigenvalue weighted by Crippen LogP contribution is -2.23. The van der Waals surface area contributed by atoms with Gasteiger partial charge in [-0.15, -0.1) is 11.3 Å². The molecule has 0 fully saturated rings. The second-order valence-corrected chi connectivity index (χ2v) is 6.87. The van der Waals surface area contributed by atoms with Gasteiger partial charge in [0.05, 0.1) is 16.3 Å².